The lowest BCUT2D eigenvalue weighted by atomic mass is 10.4. The molecule has 23 heavy (non-hydrogen) atoms. The number of nitrogens with zero attached hydrogens (tertiary/aromatic N) is 8. The largest absolute Gasteiger partial charge is 0.298 e. The zero-order chi connectivity index (χ0) is 15.2. The summed E-state index contributed by atoms with van der Waals surface area (Å²) in [4.78, 5) is 1.14. The Bertz CT molecular complexity index is 969. The summed E-state index contributed by atoms with van der Waals surface area (Å²) in [5.41, 5.74) is 0.622. The molecule has 4 aromatic heterocycles. The van der Waals surface area contributed by atoms with Crippen LogP contribution in [-0.4, -0.2) is 40.0 Å². The third kappa shape index (κ3) is 2.30. The van der Waals surface area contributed by atoms with Crippen molar-refractivity contribution in [2.75, 3.05) is 0 Å². The predicted molar refractivity (Wildman–Crippen MR) is 84.3 cm³/mol. The van der Waals surface area contributed by atoms with Crippen molar-refractivity contribution in [2.45, 2.75) is 29.1 Å². The fourth-order valence-corrected chi connectivity index (χ4v) is 3.93. The second kappa shape index (κ2) is 5.10. The summed E-state index contributed by atoms with van der Waals surface area (Å²) >= 11 is 3.16. The van der Waals surface area contributed by atoms with E-state index >= 15 is 0 Å². The highest BCUT2D eigenvalue weighted by molar-refractivity contribution is 7.99. The Hall–Kier alpha value is -2.33. The third-order valence-corrected chi connectivity index (χ3v) is 5.31. The average Bonchev–Trinajstić information content (AvgIpc) is 2.99. The van der Waals surface area contributed by atoms with E-state index in [1.54, 1.807) is 11.3 Å². The van der Waals surface area contributed by atoms with Crippen molar-refractivity contribution in [3.05, 3.63) is 29.6 Å². The van der Waals surface area contributed by atoms with Gasteiger partial charge in [-0.3, -0.25) is 4.57 Å². The van der Waals surface area contributed by atoms with Crippen LogP contribution in [0.4, 0.5) is 0 Å². The molecule has 0 amide bonds. The van der Waals surface area contributed by atoms with Crippen LogP contribution in [0.25, 0.3) is 16.3 Å². The molecule has 0 bridgehead atoms. The summed E-state index contributed by atoms with van der Waals surface area (Å²) in [6.07, 6.45) is 2.34. The number of hydrogen-bond acceptors (Lipinski definition) is 8. The van der Waals surface area contributed by atoms with Gasteiger partial charge in [-0.1, -0.05) is 6.07 Å². The van der Waals surface area contributed by atoms with Crippen LogP contribution < -0.4 is 0 Å². The molecule has 0 unspecified atom stereocenters. The van der Waals surface area contributed by atoms with E-state index in [4.69, 9.17) is 0 Å². The van der Waals surface area contributed by atoms with Crippen molar-refractivity contribution in [1.29, 1.82) is 0 Å². The second-order valence-corrected chi connectivity index (χ2v) is 7.12. The molecule has 4 aromatic rings. The average molecular weight is 342 g/mol. The molecule has 8 nitrogen and oxygen atoms in total. The minimum Gasteiger partial charge on any atom is -0.298 e. The number of rotatable bonds is 4. The lowest BCUT2D eigenvalue weighted by molar-refractivity contribution is 0.665. The van der Waals surface area contributed by atoms with Gasteiger partial charge in [0.2, 0.25) is 0 Å². The minimum absolute atomic E-state index is 0.487. The van der Waals surface area contributed by atoms with Crippen LogP contribution in [0, 0.1) is 0 Å². The molecule has 0 spiro atoms. The summed E-state index contributed by atoms with van der Waals surface area (Å²) in [5.74, 6) is 0.938. The topological polar surface area (TPSA) is 86.7 Å². The Morgan fingerprint density at radius 2 is 2.09 bits per heavy atom. The van der Waals surface area contributed by atoms with Crippen molar-refractivity contribution in [3.63, 3.8) is 0 Å². The fraction of sp³-hybridized carbons (Fsp3) is 0.231. The van der Waals surface area contributed by atoms with Gasteiger partial charge in [-0.25, -0.2) is 0 Å². The zero-order valence-electron chi connectivity index (χ0n) is 11.8. The van der Waals surface area contributed by atoms with Gasteiger partial charge in [0, 0.05) is 6.04 Å². The van der Waals surface area contributed by atoms with Crippen LogP contribution in [0.3, 0.4) is 0 Å². The maximum atomic E-state index is 4.40. The van der Waals surface area contributed by atoms with Crippen molar-refractivity contribution >= 4 is 28.7 Å². The first kappa shape index (κ1) is 13.1. The van der Waals surface area contributed by atoms with E-state index in [1.807, 2.05) is 18.2 Å². The van der Waals surface area contributed by atoms with E-state index in [0.717, 1.165) is 20.9 Å². The molecule has 1 aliphatic rings. The van der Waals surface area contributed by atoms with E-state index in [9.17, 15) is 0 Å². The number of aromatic nitrogens is 8. The molecular formula is C13H10N8S2. The summed E-state index contributed by atoms with van der Waals surface area (Å²) in [6.45, 7) is 0. The lowest BCUT2D eigenvalue weighted by Crippen LogP contribution is -2.00. The number of thiophene rings is 1. The molecule has 0 N–H and O–H groups in total. The first-order valence-electron chi connectivity index (χ1n) is 7.10. The van der Waals surface area contributed by atoms with Crippen LogP contribution in [-0.2, 0) is 0 Å². The van der Waals surface area contributed by atoms with E-state index in [2.05, 4.69) is 46.8 Å². The van der Waals surface area contributed by atoms with E-state index in [1.165, 1.54) is 29.2 Å². The van der Waals surface area contributed by atoms with Crippen LogP contribution >= 0.6 is 23.1 Å². The Balaban J connectivity index is 1.55. The molecule has 5 rings (SSSR count). The molecule has 0 aliphatic heterocycles. The molecule has 0 saturated heterocycles. The van der Waals surface area contributed by atoms with Gasteiger partial charge in [0.05, 0.1) is 4.88 Å². The van der Waals surface area contributed by atoms with Crippen LogP contribution in [0.1, 0.15) is 18.9 Å². The molecule has 0 aromatic carbocycles. The third-order valence-electron chi connectivity index (χ3n) is 3.56. The molecule has 1 saturated carbocycles. The Morgan fingerprint density at radius 3 is 2.91 bits per heavy atom. The highest BCUT2D eigenvalue weighted by atomic mass is 32.2. The van der Waals surface area contributed by atoms with E-state index < -0.39 is 0 Å². The van der Waals surface area contributed by atoms with Gasteiger partial charge in [0.25, 0.3) is 0 Å². The monoisotopic (exact) mass is 342 g/mol. The van der Waals surface area contributed by atoms with Gasteiger partial charge in [-0.2, -0.15) is 0 Å². The fourth-order valence-electron chi connectivity index (χ4n) is 2.36. The predicted octanol–water partition coefficient (Wildman–Crippen LogP) is 2.33. The molecular weight excluding hydrogens is 332 g/mol. The Morgan fingerprint density at radius 1 is 1.13 bits per heavy atom. The lowest BCUT2D eigenvalue weighted by Gasteiger charge is -2.07. The van der Waals surface area contributed by atoms with Gasteiger partial charge < -0.3 is 0 Å². The maximum Gasteiger partial charge on any atom is 0.200 e. The summed E-state index contributed by atoms with van der Waals surface area (Å²) in [6, 6.07) is 8.33. The minimum atomic E-state index is 0.487. The molecule has 0 radical (unpaired) electrons. The molecule has 1 fully saturated rings. The van der Waals surface area contributed by atoms with Crippen LogP contribution in [0.15, 0.2) is 39.8 Å². The van der Waals surface area contributed by atoms with Crippen molar-refractivity contribution in [3.8, 4) is 10.7 Å². The van der Waals surface area contributed by atoms with Gasteiger partial charge in [-0.15, -0.1) is 36.4 Å². The molecule has 1 aliphatic carbocycles. The van der Waals surface area contributed by atoms with Gasteiger partial charge in [0.1, 0.15) is 5.03 Å². The van der Waals surface area contributed by atoms with Gasteiger partial charge >= 0.3 is 0 Å². The first-order chi connectivity index (χ1) is 11.4. The highest BCUT2D eigenvalue weighted by Gasteiger charge is 2.30. The Labute approximate surface area is 138 Å². The van der Waals surface area contributed by atoms with Crippen molar-refractivity contribution in [2.24, 2.45) is 0 Å². The quantitative estimate of drug-likeness (QED) is 0.562. The summed E-state index contributed by atoms with van der Waals surface area (Å²) < 4.78 is 3.64. The Kier molecular flexibility index (Phi) is 2.91. The van der Waals surface area contributed by atoms with Gasteiger partial charge in [0.15, 0.2) is 16.6 Å². The number of hydrogen-bond donors (Lipinski definition) is 0. The van der Waals surface area contributed by atoms with Crippen molar-refractivity contribution < 1.29 is 0 Å². The molecule has 0 atom stereocenters. The second-order valence-electron chi connectivity index (χ2n) is 5.18. The summed E-state index contributed by atoms with van der Waals surface area (Å²) in [7, 11) is 0. The molecule has 114 valence electrons. The molecule has 10 heteroatoms. The van der Waals surface area contributed by atoms with E-state index in [-0.39, 0.29) is 0 Å². The normalized spacial score (nSPS) is 14.6. The van der Waals surface area contributed by atoms with E-state index in [0.29, 0.717) is 11.7 Å². The maximum absolute atomic E-state index is 4.40. The smallest absolute Gasteiger partial charge is 0.200 e. The van der Waals surface area contributed by atoms with Crippen LogP contribution in [0.5, 0.6) is 0 Å². The summed E-state index contributed by atoms with van der Waals surface area (Å²) in [5, 5.41) is 28.2. The van der Waals surface area contributed by atoms with Gasteiger partial charge in [-0.05, 0) is 58.6 Å². The molecule has 4 heterocycles. The standard InChI is InChI=1S/C13H10N8S2/c1-2-9(22-7-1)12-15-16-13(20(12)8-3-4-8)23-11-6-5-10-14-18-19-21(10)17-11/h1-2,5-8H,3-4H2. The SMILES string of the molecule is c1csc(-c2nnc(Sc3ccc4nnnn4n3)n2C2CC2)c1. The highest BCUT2D eigenvalue weighted by Crippen LogP contribution is 2.42. The van der Waals surface area contributed by atoms with Crippen molar-refractivity contribution in [1.82, 2.24) is 40.0 Å². The number of fused-ring (bicyclic) bond motifs is 1. The number of tetrazole rings is 1. The van der Waals surface area contributed by atoms with Crippen LogP contribution in [0.2, 0.25) is 0 Å². The first-order valence-corrected chi connectivity index (χ1v) is 8.80. The zero-order valence-corrected chi connectivity index (χ0v) is 13.4.